The lowest BCUT2D eigenvalue weighted by molar-refractivity contribution is 0.515. The Balaban J connectivity index is 1.76. The van der Waals surface area contributed by atoms with E-state index in [0.717, 1.165) is 22.7 Å². The first-order valence-corrected chi connectivity index (χ1v) is 7.87. The van der Waals surface area contributed by atoms with Gasteiger partial charge in [0.05, 0.1) is 11.7 Å². The number of nitrogens with zero attached hydrogens (tertiary/aromatic N) is 4. The normalized spacial score (nSPS) is 11.6. The second-order valence-corrected chi connectivity index (χ2v) is 6.06. The lowest BCUT2D eigenvalue weighted by Gasteiger charge is -2.10. The Hall–Kier alpha value is -3.09. The number of anilines is 2. The van der Waals surface area contributed by atoms with Crippen molar-refractivity contribution in [2.45, 2.75) is 19.9 Å². The summed E-state index contributed by atoms with van der Waals surface area (Å²) in [7, 11) is 0. The first kappa shape index (κ1) is 15.4. The quantitative estimate of drug-likeness (QED) is 0.593. The molecule has 4 rings (SSSR count). The van der Waals surface area contributed by atoms with Gasteiger partial charge in [-0.3, -0.25) is 4.68 Å². The number of benzene rings is 2. The summed E-state index contributed by atoms with van der Waals surface area (Å²) in [5.41, 5.74) is 1.76. The van der Waals surface area contributed by atoms with Gasteiger partial charge in [0.1, 0.15) is 17.7 Å². The van der Waals surface area contributed by atoms with E-state index >= 15 is 0 Å². The van der Waals surface area contributed by atoms with Crippen LogP contribution in [-0.4, -0.2) is 19.7 Å². The standard InChI is InChI=1S/C18H15F2N5/c1-10(2)25-15-6-3-12(7-11(15)8-23-25)24-18-13-4-5-14(19)16(20)17(13)21-9-22-18/h3-10H,1-2H3,(H,21,22,24). The van der Waals surface area contributed by atoms with Gasteiger partial charge >= 0.3 is 0 Å². The Labute approximate surface area is 142 Å². The number of hydrogen-bond donors (Lipinski definition) is 1. The molecule has 7 heteroatoms. The SMILES string of the molecule is CC(C)n1ncc2cc(Nc3ncnc4c(F)c(F)ccc34)ccc21. The fourth-order valence-corrected chi connectivity index (χ4v) is 2.85. The van der Waals surface area contributed by atoms with Crippen LogP contribution in [-0.2, 0) is 0 Å². The predicted molar refractivity (Wildman–Crippen MR) is 92.9 cm³/mol. The first-order chi connectivity index (χ1) is 12.0. The van der Waals surface area contributed by atoms with Crippen molar-refractivity contribution in [2.24, 2.45) is 0 Å². The van der Waals surface area contributed by atoms with Crippen LogP contribution in [0.2, 0.25) is 0 Å². The van der Waals surface area contributed by atoms with Crippen LogP contribution < -0.4 is 5.32 Å². The molecule has 0 aliphatic carbocycles. The number of aromatic nitrogens is 4. The monoisotopic (exact) mass is 339 g/mol. The molecule has 25 heavy (non-hydrogen) atoms. The van der Waals surface area contributed by atoms with Gasteiger partial charge in [-0.15, -0.1) is 0 Å². The molecule has 2 heterocycles. The second kappa shape index (κ2) is 5.77. The van der Waals surface area contributed by atoms with Crippen molar-refractivity contribution >= 4 is 33.3 Å². The minimum Gasteiger partial charge on any atom is -0.340 e. The highest BCUT2D eigenvalue weighted by Crippen LogP contribution is 2.28. The van der Waals surface area contributed by atoms with Gasteiger partial charge in [0.25, 0.3) is 0 Å². The molecule has 0 amide bonds. The molecule has 126 valence electrons. The highest BCUT2D eigenvalue weighted by atomic mass is 19.2. The molecule has 0 saturated heterocycles. The van der Waals surface area contributed by atoms with Crippen LogP contribution in [0.3, 0.4) is 0 Å². The van der Waals surface area contributed by atoms with Crippen LogP contribution in [0.25, 0.3) is 21.8 Å². The van der Waals surface area contributed by atoms with Crippen LogP contribution in [0.4, 0.5) is 20.3 Å². The number of nitrogens with one attached hydrogen (secondary N) is 1. The van der Waals surface area contributed by atoms with Gasteiger partial charge in [-0.1, -0.05) is 0 Å². The van der Waals surface area contributed by atoms with E-state index in [1.807, 2.05) is 22.9 Å². The summed E-state index contributed by atoms with van der Waals surface area (Å²) in [5, 5.41) is 8.93. The molecule has 1 N–H and O–H groups in total. The van der Waals surface area contributed by atoms with E-state index in [4.69, 9.17) is 0 Å². The summed E-state index contributed by atoms with van der Waals surface area (Å²) in [6.45, 7) is 4.14. The summed E-state index contributed by atoms with van der Waals surface area (Å²) >= 11 is 0. The molecule has 0 aliphatic heterocycles. The van der Waals surface area contributed by atoms with Crippen molar-refractivity contribution < 1.29 is 8.78 Å². The molecule has 2 aromatic carbocycles. The number of halogens is 2. The third-order valence-corrected chi connectivity index (χ3v) is 4.05. The molecule has 0 unspecified atom stereocenters. The number of fused-ring (bicyclic) bond motifs is 2. The highest BCUT2D eigenvalue weighted by molar-refractivity contribution is 5.92. The highest BCUT2D eigenvalue weighted by Gasteiger charge is 2.13. The molecule has 0 fully saturated rings. The van der Waals surface area contributed by atoms with Gasteiger partial charge in [-0.05, 0) is 44.2 Å². The van der Waals surface area contributed by atoms with Gasteiger partial charge in [-0.2, -0.15) is 5.10 Å². The summed E-state index contributed by atoms with van der Waals surface area (Å²) in [4.78, 5) is 7.99. The Morgan fingerprint density at radius 2 is 1.92 bits per heavy atom. The fourth-order valence-electron chi connectivity index (χ4n) is 2.85. The van der Waals surface area contributed by atoms with E-state index in [2.05, 4.69) is 34.2 Å². The van der Waals surface area contributed by atoms with Crippen molar-refractivity contribution in [1.82, 2.24) is 19.7 Å². The lowest BCUT2D eigenvalue weighted by atomic mass is 10.2. The topological polar surface area (TPSA) is 55.6 Å². The maximum atomic E-state index is 13.9. The average Bonchev–Trinajstić information content (AvgIpc) is 3.02. The summed E-state index contributed by atoms with van der Waals surface area (Å²) in [6.07, 6.45) is 3.01. The fraction of sp³-hybridized carbons (Fsp3) is 0.167. The molecular formula is C18H15F2N5. The minimum atomic E-state index is -0.975. The molecule has 0 saturated carbocycles. The van der Waals surface area contributed by atoms with E-state index in [9.17, 15) is 8.78 Å². The lowest BCUT2D eigenvalue weighted by Crippen LogP contribution is -2.02. The summed E-state index contributed by atoms with van der Waals surface area (Å²) < 4.78 is 29.2. The van der Waals surface area contributed by atoms with Crippen LogP contribution in [0.1, 0.15) is 19.9 Å². The number of rotatable bonds is 3. The van der Waals surface area contributed by atoms with Crippen LogP contribution in [0, 0.1) is 11.6 Å². The van der Waals surface area contributed by atoms with E-state index in [1.165, 1.54) is 12.4 Å². The van der Waals surface area contributed by atoms with E-state index in [-0.39, 0.29) is 11.6 Å². The summed E-state index contributed by atoms with van der Waals surface area (Å²) in [5.74, 6) is -1.49. The zero-order chi connectivity index (χ0) is 17.6. The van der Waals surface area contributed by atoms with Gasteiger partial charge in [0.15, 0.2) is 11.6 Å². The number of hydrogen-bond acceptors (Lipinski definition) is 4. The van der Waals surface area contributed by atoms with Gasteiger partial charge in [0, 0.05) is 22.5 Å². The average molecular weight is 339 g/mol. The Morgan fingerprint density at radius 1 is 1.08 bits per heavy atom. The molecule has 5 nitrogen and oxygen atoms in total. The molecular weight excluding hydrogens is 324 g/mol. The molecule has 0 aliphatic rings. The second-order valence-electron chi connectivity index (χ2n) is 6.06. The van der Waals surface area contributed by atoms with Crippen molar-refractivity contribution in [1.29, 1.82) is 0 Å². The maximum absolute atomic E-state index is 13.9. The van der Waals surface area contributed by atoms with Crippen LogP contribution in [0.15, 0.2) is 42.9 Å². The third-order valence-electron chi connectivity index (χ3n) is 4.05. The smallest absolute Gasteiger partial charge is 0.185 e. The molecule has 0 atom stereocenters. The predicted octanol–water partition coefficient (Wildman–Crippen LogP) is 4.58. The first-order valence-electron chi connectivity index (χ1n) is 7.87. The Kier molecular flexibility index (Phi) is 3.56. The van der Waals surface area contributed by atoms with Gasteiger partial charge in [0.2, 0.25) is 0 Å². The van der Waals surface area contributed by atoms with Crippen LogP contribution >= 0.6 is 0 Å². The van der Waals surface area contributed by atoms with Crippen LogP contribution in [0.5, 0.6) is 0 Å². The Morgan fingerprint density at radius 3 is 2.72 bits per heavy atom. The zero-order valence-corrected chi connectivity index (χ0v) is 13.7. The Bertz CT molecular complexity index is 1090. The minimum absolute atomic E-state index is 0.0498. The van der Waals surface area contributed by atoms with Gasteiger partial charge in [-0.25, -0.2) is 18.7 Å². The van der Waals surface area contributed by atoms with E-state index in [1.54, 1.807) is 6.20 Å². The third kappa shape index (κ3) is 2.57. The van der Waals surface area contributed by atoms with E-state index < -0.39 is 11.6 Å². The summed E-state index contributed by atoms with van der Waals surface area (Å²) in [6, 6.07) is 8.60. The van der Waals surface area contributed by atoms with Gasteiger partial charge < -0.3 is 5.32 Å². The van der Waals surface area contributed by atoms with E-state index in [0.29, 0.717) is 11.2 Å². The van der Waals surface area contributed by atoms with Crippen molar-refractivity contribution in [3.8, 4) is 0 Å². The maximum Gasteiger partial charge on any atom is 0.185 e. The zero-order valence-electron chi connectivity index (χ0n) is 13.7. The van der Waals surface area contributed by atoms with Crippen molar-refractivity contribution in [3.05, 3.63) is 54.5 Å². The molecule has 0 spiro atoms. The van der Waals surface area contributed by atoms with Crippen molar-refractivity contribution in [2.75, 3.05) is 5.32 Å². The molecule has 0 bridgehead atoms. The molecule has 2 aromatic heterocycles. The van der Waals surface area contributed by atoms with Crippen molar-refractivity contribution in [3.63, 3.8) is 0 Å². The molecule has 4 aromatic rings. The largest absolute Gasteiger partial charge is 0.340 e. The molecule has 0 radical (unpaired) electrons.